The van der Waals surface area contributed by atoms with Crippen LogP contribution in [0.2, 0.25) is 8.67 Å². The molecule has 18 heavy (non-hydrogen) atoms. The second kappa shape index (κ2) is 5.45. The van der Waals surface area contributed by atoms with E-state index >= 15 is 0 Å². The van der Waals surface area contributed by atoms with E-state index in [1.807, 2.05) is 0 Å². The zero-order valence-electron chi connectivity index (χ0n) is 9.04. The van der Waals surface area contributed by atoms with Gasteiger partial charge in [0.2, 0.25) is 0 Å². The van der Waals surface area contributed by atoms with Gasteiger partial charge in [-0.2, -0.15) is 0 Å². The Hall–Kier alpha value is -1.47. The fourth-order valence-corrected chi connectivity index (χ4v) is 2.84. The number of terminal acetylenes is 1. The summed E-state index contributed by atoms with van der Waals surface area (Å²) < 4.78 is 0.841. The lowest BCUT2D eigenvalue weighted by atomic mass is 10.2. The second-order valence-corrected chi connectivity index (χ2v) is 5.70. The van der Waals surface area contributed by atoms with E-state index in [0.717, 1.165) is 11.3 Å². The lowest BCUT2D eigenvalue weighted by molar-refractivity contribution is 0.102. The lowest BCUT2D eigenvalue weighted by Gasteiger charge is -2.04. The number of hydrogen-bond donors (Lipinski definition) is 1. The average molecular weight is 296 g/mol. The third-order valence-electron chi connectivity index (χ3n) is 2.19. The number of hydrogen-bond acceptors (Lipinski definition) is 2. The Balaban J connectivity index is 2.21. The third-order valence-corrected chi connectivity index (χ3v) is 3.68. The molecule has 5 heteroatoms. The number of thiophene rings is 1. The highest BCUT2D eigenvalue weighted by atomic mass is 35.5. The minimum absolute atomic E-state index is 0.308. The zero-order chi connectivity index (χ0) is 13.1. The first-order chi connectivity index (χ1) is 8.60. The quantitative estimate of drug-likeness (QED) is 0.823. The van der Waals surface area contributed by atoms with Gasteiger partial charge in [0.05, 0.1) is 9.90 Å². The third kappa shape index (κ3) is 2.85. The fraction of sp³-hybridized carbons (Fsp3) is 0. The van der Waals surface area contributed by atoms with Crippen molar-refractivity contribution in [2.45, 2.75) is 0 Å². The van der Waals surface area contributed by atoms with Gasteiger partial charge in [0.15, 0.2) is 0 Å². The number of carbonyl (C=O) groups is 1. The van der Waals surface area contributed by atoms with Crippen LogP contribution >= 0.6 is 34.5 Å². The Morgan fingerprint density at radius 3 is 2.72 bits per heavy atom. The molecule has 0 atom stereocenters. The molecule has 1 heterocycles. The van der Waals surface area contributed by atoms with Crippen LogP contribution in [0.3, 0.4) is 0 Å². The van der Waals surface area contributed by atoms with E-state index < -0.39 is 0 Å². The standard InChI is InChI=1S/C13H7Cl2NOS/c1-2-8-4-3-5-9(6-8)16-13(17)10-7-11(14)18-12(10)15/h1,3-7H,(H,16,17). The van der Waals surface area contributed by atoms with Crippen LogP contribution in [0.4, 0.5) is 5.69 Å². The van der Waals surface area contributed by atoms with Gasteiger partial charge in [0.1, 0.15) is 4.34 Å². The smallest absolute Gasteiger partial charge is 0.258 e. The average Bonchev–Trinajstić information content (AvgIpc) is 2.69. The van der Waals surface area contributed by atoms with Gasteiger partial charge >= 0.3 is 0 Å². The van der Waals surface area contributed by atoms with Gasteiger partial charge in [-0.25, -0.2) is 0 Å². The van der Waals surface area contributed by atoms with Crippen molar-refractivity contribution in [1.82, 2.24) is 0 Å². The van der Waals surface area contributed by atoms with Crippen molar-refractivity contribution in [3.05, 3.63) is 50.1 Å². The summed E-state index contributed by atoms with van der Waals surface area (Å²) in [6.45, 7) is 0. The molecule has 1 aromatic heterocycles. The first-order valence-corrected chi connectivity index (χ1v) is 6.50. The normalized spacial score (nSPS) is 9.83. The molecule has 0 saturated carbocycles. The lowest BCUT2D eigenvalue weighted by Crippen LogP contribution is -2.11. The van der Waals surface area contributed by atoms with Gasteiger partial charge in [-0.15, -0.1) is 17.8 Å². The summed E-state index contributed by atoms with van der Waals surface area (Å²) in [5, 5.41) is 2.72. The molecule has 1 aromatic carbocycles. The summed E-state index contributed by atoms with van der Waals surface area (Å²) in [6, 6.07) is 8.55. The van der Waals surface area contributed by atoms with Crippen LogP contribution in [0.5, 0.6) is 0 Å². The summed E-state index contributed by atoms with van der Waals surface area (Å²) in [5.41, 5.74) is 1.67. The Morgan fingerprint density at radius 1 is 1.33 bits per heavy atom. The van der Waals surface area contributed by atoms with Crippen LogP contribution in [0.25, 0.3) is 0 Å². The first kappa shape index (κ1) is 13.0. The van der Waals surface area contributed by atoms with Gasteiger partial charge in [0, 0.05) is 11.3 Å². The van der Waals surface area contributed by atoms with Crippen molar-refractivity contribution in [3.8, 4) is 12.3 Å². The Bertz CT molecular complexity index is 643. The van der Waals surface area contributed by atoms with Crippen LogP contribution in [0.1, 0.15) is 15.9 Å². The number of anilines is 1. The molecule has 2 nitrogen and oxygen atoms in total. The number of carbonyl (C=O) groups excluding carboxylic acids is 1. The highest BCUT2D eigenvalue weighted by Gasteiger charge is 2.14. The van der Waals surface area contributed by atoms with Gasteiger partial charge in [-0.3, -0.25) is 4.79 Å². The van der Waals surface area contributed by atoms with E-state index in [9.17, 15) is 4.79 Å². The molecular weight excluding hydrogens is 289 g/mol. The van der Waals surface area contributed by atoms with Crippen LogP contribution in [-0.4, -0.2) is 5.91 Å². The Kier molecular flexibility index (Phi) is 3.93. The molecule has 0 unspecified atom stereocenters. The summed E-state index contributed by atoms with van der Waals surface area (Å²) in [6.07, 6.45) is 5.29. The topological polar surface area (TPSA) is 29.1 Å². The Labute approximate surface area is 119 Å². The fourth-order valence-electron chi connectivity index (χ4n) is 1.38. The summed E-state index contributed by atoms with van der Waals surface area (Å²) in [4.78, 5) is 11.9. The van der Waals surface area contributed by atoms with Gasteiger partial charge in [-0.1, -0.05) is 35.2 Å². The molecule has 2 aromatic rings. The SMILES string of the molecule is C#Cc1cccc(NC(=O)c2cc(Cl)sc2Cl)c1. The molecule has 0 spiro atoms. The number of halogens is 2. The van der Waals surface area contributed by atoms with E-state index in [0.29, 0.717) is 25.5 Å². The van der Waals surface area contributed by atoms with Crippen LogP contribution in [-0.2, 0) is 0 Å². The van der Waals surface area contributed by atoms with Gasteiger partial charge < -0.3 is 5.32 Å². The molecule has 0 radical (unpaired) electrons. The van der Waals surface area contributed by atoms with E-state index in [4.69, 9.17) is 29.6 Å². The molecule has 0 bridgehead atoms. The predicted octanol–water partition coefficient (Wildman–Crippen LogP) is 4.29. The highest BCUT2D eigenvalue weighted by Crippen LogP contribution is 2.31. The molecule has 0 aliphatic rings. The number of nitrogens with one attached hydrogen (secondary N) is 1. The zero-order valence-corrected chi connectivity index (χ0v) is 11.4. The van der Waals surface area contributed by atoms with Crippen LogP contribution in [0, 0.1) is 12.3 Å². The monoisotopic (exact) mass is 295 g/mol. The van der Waals surface area contributed by atoms with Crippen LogP contribution in [0.15, 0.2) is 30.3 Å². The van der Waals surface area contributed by atoms with Crippen molar-refractivity contribution >= 4 is 46.1 Å². The minimum atomic E-state index is -0.308. The molecule has 90 valence electrons. The minimum Gasteiger partial charge on any atom is -0.322 e. The van der Waals surface area contributed by atoms with Crippen molar-refractivity contribution in [2.75, 3.05) is 5.32 Å². The molecule has 0 fully saturated rings. The summed E-state index contributed by atoms with van der Waals surface area (Å²) >= 11 is 12.8. The molecule has 0 aliphatic heterocycles. The van der Waals surface area contributed by atoms with Crippen LogP contribution < -0.4 is 5.32 Å². The predicted molar refractivity (Wildman–Crippen MR) is 76.7 cm³/mol. The molecule has 1 amide bonds. The maximum Gasteiger partial charge on any atom is 0.258 e. The maximum atomic E-state index is 11.9. The van der Waals surface area contributed by atoms with E-state index in [2.05, 4.69) is 11.2 Å². The first-order valence-electron chi connectivity index (χ1n) is 4.93. The van der Waals surface area contributed by atoms with Crippen molar-refractivity contribution < 1.29 is 4.79 Å². The number of amides is 1. The molecule has 0 saturated heterocycles. The number of rotatable bonds is 2. The Morgan fingerprint density at radius 2 is 2.11 bits per heavy atom. The van der Waals surface area contributed by atoms with Gasteiger partial charge in [-0.05, 0) is 24.3 Å². The largest absolute Gasteiger partial charge is 0.322 e. The molecule has 0 aliphatic carbocycles. The van der Waals surface area contributed by atoms with Crippen molar-refractivity contribution in [1.29, 1.82) is 0 Å². The molecular formula is C13H7Cl2NOS. The highest BCUT2D eigenvalue weighted by molar-refractivity contribution is 7.20. The van der Waals surface area contributed by atoms with Gasteiger partial charge in [0.25, 0.3) is 5.91 Å². The van der Waals surface area contributed by atoms with E-state index in [1.54, 1.807) is 24.3 Å². The second-order valence-electron chi connectivity index (χ2n) is 3.42. The molecule has 1 N–H and O–H groups in total. The summed E-state index contributed by atoms with van der Waals surface area (Å²) in [5.74, 6) is 2.19. The van der Waals surface area contributed by atoms with Crippen molar-refractivity contribution in [2.24, 2.45) is 0 Å². The number of benzene rings is 1. The summed E-state index contributed by atoms with van der Waals surface area (Å²) in [7, 11) is 0. The van der Waals surface area contributed by atoms with E-state index in [-0.39, 0.29) is 5.91 Å². The van der Waals surface area contributed by atoms with Crippen molar-refractivity contribution in [3.63, 3.8) is 0 Å². The maximum absolute atomic E-state index is 11.9. The van der Waals surface area contributed by atoms with E-state index in [1.165, 1.54) is 6.07 Å². The molecule has 2 rings (SSSR count).